The number of hydrogen-bond acceptors (Lipinski definition) is 3. The van der Waals surface area contributed by atoms with Gasteiger partial charge < -0.3 is 15.0 Å². The van der Waals surface area contributed by atoms with E-state index in [1.807, 2.05) is 6.92 Å². The SMILES string of the molecule is Cc1cc(Cl)ccc1NC(=O)CCN1C(=O)C(C)(C)Oc2ccc(Cl)cc21. The van der Waals surface area contributed by atoms with Crippen LogP contribution in [0.25, 0.3) is 0 Å². The molecule has 0 saturated carbocycles. The van der Waals surface area contributed by atoms with Crippen LogP contribution >= 0.6 is 23.2 Å². The fourth-order valence-electron chi connectivity index (χ4n) is 2.96. The second-order valence-corrected chi connectivity index (χ2v) is 7.81. The number of nitrogens with one attached hydrogen (secondary N) is 1. The average molecular weight is 407 g/mol. The zero-order valence-electron chi connectivity index (χ0n) is 15.3. The second kappa shape index (κ2) is 7.41. The Balaban J connectivity index is 1.75. The van der Waals surface area contributed by atoms with Crippen LogP contribution in [-0.4, -0.2) is 24.0 Å². The molecule has 3 rings (SSSR count). The van der Waals surface area contributed by atoms with E-state index in [0.717, 1.165) is 5.56 Å². The highest BCUT2D eigenvalue weighted by Gasteiger charge is 2.40. The molecule has 2 aromatic carbocycles. The number of fused-ring (bicyclic) bond motifs is 1. The van der Waals surface area contributed by atoms with Crippen LogP contribution in [0.5, 0.6) is 5.75 Å². The molecule has 0 saturated heterocycles. The minimum atomic E-state index is -1.01. The number of carbonyl (C=O) groups is 2. The number of anilines is 2. The third kappa shape index (κ3) is 4.20. The van der Waals surface area contributed by atoms with Crippen molar-refractivity contribution in [2.75, 3.05) is 16.8 Å². The summed E-state index contributed by atoms with van der Waals surface area (Å²) in [5.74, 6) is 0.159. The standard InChI is InChI=1S/C20H20Cl2N2O3/c1-12-10-13(21)4-6-15(12)23-18(25)8-9-24-16-11-14(22)5-7-17(16)27-20(2,3)19(24)26/h4-7,10-11H,8-9H2,1-3H3,(H,23,25). The highest BCUT2D eigenvalue weighted by atomic mass is 35.5. The van der Waals surface area contributed by atoms with Gasteiger partial charge in [-0.1, -0.05) is 23.2 Å². The first kappa shape index (κ1) is 19.5. The Kier molecular flexibility index (Phi) is 5.36. The lowest BCUT2D eigenvalue weighted by Gasteiger charge is -2.38. The molecule has 1 heterocycles. The molecule has 0 unspecified atom stereocenters. The molecule has 0 radical (unpaired) electrons. The van der Waals surface area contributed by atoms with E-state index in [-0.39, 0.29) is 24.8 Å². The number of hydrogen-bond donors (Lipinski definition) is 1. The third-order valence-corrected chi connectivity index (χ3v) is 4.83. The zero-order chi connectivity index (χ0) is 19.8. The monoisotopic (exact) mass is 406 g/mol. The number of benzene rings is 2. The molecule has 1 aliphatic heterocycles. The lowest BCUT2D eigenvalue weighted by molar-refractivity contribution is -0.132. The molecule has 7 heteroatoms. The molecule has 0 spiro atoms. The molecule has 1 N–H and O–H groups in total. The van der Waals surface area contributed by atoms with E-state index < -0.39 is 5.60 Å². The van der Waals surface area contributed by atoms with E-state index >= 15 is 0 Å². The third-order valence-electron chi connectivity index (χ3n) is 4.36. The first-order valence-electron chi connectivity index (χ1n) is 8.54. The topological polar surface area (TPSA) is 58.6 Å². The maximum absolute atomic E-state index is 12.8. The Labute approximate surface area is 168 Å². The summed E-state index contributed by atoms with van der Waals surface area (Å²) >= 11 is 12.0. The van der Waals surface area contributed by atoms with E-state index in [0.29, 0.717) is 27.2 Å². The second-order valence-electron chi connectivity index (χ2n) is 6.94. The summed E-state index contributed by atoms with van der Waals surface area (Å²) in [5.41, 5.74) is 1.13. The van der Waals surface area contributed by atoms with Gasteiger partial charge >= 0.3 is 0 Å². The fraction of sp³-hybridized carbons (Fsp3) is 0.300. The molecule has 0 aromatic heterocycles. The van der Waals surface area contributed by atoms with Gasteiger partial charge in [0, 0.05) is 28.7 Å². The van der Waals surface area contributed by atoms with Crippen LogP contribution in [-0.2, 0) is 9.59 Å². The number of rotatable bonds is 4. The molecule has 0 bridgehead atoms. The molecule has 142 valence electrons. The van der Waals surface area contributed by atoms with E-state index in [1.165, 1.54) is 0 Å². The molecular weight excluding hydrogens is 387 g/mol. The van der Waals surface area contributed by atoms with Crippen LogP contribution < -0.4 is 15.0 Å². The number of aryl methyl sites for hydroxylation is 1. The minimum Gasteiger partial charge on any atom is -0.476 e. The Bertz CT molecular complexity index is 912. The van der Waals surface area contributed by atoms with Crippen molar-refractivity contribution in [2.45, 2.75) is 32.8 Å². The largest absolute Gasteiger partial charge is 0.476 e. The molecular formula is C20H20Cl2N2O3. The molecule has 27 heavy (non-hydrogen) atoms. The molecule has 5 nitrogen and oxygen atoms in total. The first-order chi connectivity index (χ1) is 12.7. The van der Waals surface area contributed by atoms with Crippen molar-refractivity contribution in [1.29, 1.82) is 0 Å². The Hall–Kier alpha value is -2.24. The van der Waals surface area contributed by atoms with Gasteiger partial charge in [0.2, 0.25) is 5.91 Å². The molecule has 2 aromatic rings. The maximum Gasteiger partial charge on any atom is 0.270 e. The number of ether oxygens (including phenoxy) is 1. The minimum absolute atomic E-state index is 0.135. The lowest BCUT2D eigenvalue weighted by atomic mass is 10.0. The molecule has 0 aliphatic carbocycles. The van der Waals surface area contributed by atoms with Gasteiger partial charge in [0.05, 0.1) is 5.69 Å². The number of halogens is 2. The van der Waals surface area contributed by atoms with Gasteiger partial charge in [-0.2, -0.15) is 0 Å². The molecule has 2 amide bonds. The predicted octanol–water partition coefficient (Wildman–Crippen LogP) is 4.83. The summed E-state index contributed by atoms with van der Waals surface area (Å²) in [6.45, 7) is 5.50. The highest BCUT2D eigenvalue weighted by molar-refractivity contribution is 6.31. The van der Waals surface area contributed by atoms with E-state index in [2.05, 4.69) is 5.32 Å². The van der Waals surface area contributed by atoms with Gasteiger partial charge in [-0.15, -0.1) is 0 Å². The summed E-state index contributed by atoms with van der Waals surface area (Å²) in [7, 11) is 0. The summed E-state index contributed by atoms with van der Waals surface area (Å²) in [6, 6.07) is 10.4. The number of carbonyl (C=O) groups excluding carboxylic acids is 2. The van der Waals surface area contributed by atoms with Crippen molar-refractivity contribution < 1.29 is 14.3 Å². The predicted molar refractivity (Wildman–Crippen MR) is 108 cm³/mol. The smallest absolute Gasteiger partial charge is 0.270 e. The maximum atomic E-state index is 12.8. The van der Waals surface area contributed by atoms with Crippen LogP contribution in [0.3, 0.4) is 0 Å². The van der Waals surface area contributed by atoms with Gasteiger partial charge in [-0.3, -0.25) is 9.59 Å². The van der Waals surface area contributed by atoms with Gasteiger partial charge in [0.15, 0.2) is 5.60 Å². The van der Waals surface area contributed by atoms with Crippen molar-refractivity contribution in [2.24, 2.45) is 0 Å². The van der Waals surface area contributed by atoms with Crippen LogP contribution in [0.2, 0.25) is 10.0 Å². The van der Waals surface area contributed by atoms with E-state index in [9.17, 15) is 9.59 Å². The summed E-state index contributed by atoms with van der Waals surface area (Å²) in [4.78, 5) is 26.7. The molecule has 0 fully saturated rings. The van der Waals surface area contributed by atoms with Gasteiger partial charge in [0.25, 0.3) is 5.91 Å². The van der Waals surface area contributed by atoms with Crippen LogP contribution in [0.4, 0.5) is 11.4 Å². The molecule has 1 aliphatic rings. The van der Waals surface area contributed by atoms with Gasteiger partial charge in [-0.25, -0.2) is 0 Å². The summed E-state index contributed by atoms with van der Waals surface area (Å²) < 4.78 is 5.78. The van der Waals surface area contributed by atoms with E-state index in [4.69, 9.17) is 27.9 Å². The van der Waals surface area contributed by atoms with Crippen molar-refractivity contribution >= 4 is 46.4 Å². The van der Waals surface area contributed by atoms with Crippen LogP contribution in [0, 0.1) is 6.92 Å². The number of amides is 2. The van der Waals surface area contributed by atoms with Crippen molar-refractivity contribution in [3.8, 4) is 5.75 Å². The lowest BCUT2D eigenvalue weighted by Crippen LogP contribution is -2.53. The zero-order valence-corrected chi connectivity index (χ0v) is 16.8. The summed E-state index contributed by atoms with van der Waals surface area (Å²) in [5, 5.41) is 3.96. The van der Waals surface area contributed by atoms with Gasteiger partial charge in [0.1, 0.15) is 5.75 Å². The van der Waals surface area contributed by atoms with Crippen molar-refractivity contribution in [3.05, 3.63) is 52.0 Å². The normalized spacial score (nSPS) is 15.1. The van der Waals surface area contributed by atoms with Crippen LogP contribution in [0.1, 0.15) is 25.8 Å². The first-order valence-corrected chi connectivity index (χ1v) is 9.29. The fourth-order valence-corrected chi connectivity index (χ4v) is 3.35. The molecule has 0 atom stereocenters. The van der Waals surface area contributed by atoms with Crippen LogP contribution in [0.15, 0.2) is 36.4 Å². The Morgan fingerprint density at radius 1 is 1.15 bits per heavy atom. The number of nitrogens with zero attached hydrogens (tertiary/aromatic N) is 1. The van der Waals surface area contributed by atoms with Gasteiger partial charge in [-0.05, 0) is 62.7 Å². The average Bonchev–Trinajstić information content (AvgIpc) is 2.58. The summed E-state index contributed by atoms with van der Waals surface area (Å²) in [6.07, 6.45) is 0.135. The van der Waals surface area contributed by atoms with Crippen molar-refractivity contribution in [3.63, 3.8) is 0 Å². The highest BCUT2D eigenvalue weighted by Crippen LogP contribution is 2.39. The quantitative estimate of drug-likeness (QED) is 0.790. The van der Waals surface area contributed by atoms with Crippen molar-refractivity contribution in [1.82, 2.24) is 0 Å². The Morgan fingerprint density at radius 2 is 1.81 bits per heavy atom. The van der Waals surface area contributed by atoms with E-state index in [1.54, 1.807) is 55.1 Å². The Morgan fingerprint density at radius 3 is 2.52 bits per heavy atom.